The SMILES string of the molecule is CCc1ccccc1-c1cccc2c1C=C(C(C)(Cc1ccccc1)C1=Cc3c(cccc3-c3ccccc3CC)C1)C2. The molecule has 0 atom stereocenters. The molecule has 2 aliphatic rings. The molecule has 0 aliphatic heterocycles. The van der Waals surface area contributed by atoms with E-state index in [1.807, 2.05) is 0 Å². The molecule has 0 aromatic heterocycles. The summed E-state index contributed by atoms with van der Waals surface area (Å²) in [5.74, 6) is 0. The van der Waals surface area contributed by atoms with Crippen LogP contribution in [0.2, 0.25) is 0 Å². The average molecular weight is 557 g/mol. The van der Waals surface area contributed by atoms with Gasteiger partial charge in [0.15, 0.2) is 0 Å². The lowest BCUT2D eigenvalue weighted by Gasteiger charge is -2.34. The highest BCUT2D eigenvalue weighted by atomic mass is 14.4. The molecular formula is C43H40. The van der Waals surface area contributed by atoms with E-state index in [4.69, 9.17) is 0 Å². The van der Waals surface area contributed by atoms with E-state index in [0.717, 1.165) is 32.1 Å². The van der Waals surface area contributed by atoms with Gasteiger partial charge in [-0.15, -0.1) is 0 Å². The molecule has 5 aromatic rings. The summed E-state index contributed by atoms with van der Waals surface area (Å²) in [5, 5.41) is 0. The molecule has 2 aliphatic carbocycles. The molecule has 0 nitrogen and oxygen atoms in total. The van der Waals surface area contributed by atoms with E-state index in [1.54, 1.807) is 0 Å². The summed E-state index contributed by atoms with van der Waals surface area (Å²) in [4.78, 5) is 0. The van der Waals surface area contributed by atoms with Crippen molar-refractivity contribution >= 4 is 12.2 Å². The zero-order valence-electron chi connectivity index (χ0n) is 25.7. The number of allylic oxidation sites excluding steroid dienone is 2. The predicted octanol–water partition coefficient (Wildman–Crippen LogP) is 11.0. The number of benzene rings is 5. The monoisotopic (exact) mass is 556 g/mol. The van der Waals surface area contributed by atoms with Crippen molar-refractivity contribution in [1.29, 1.82) is 0 Å². The number of rotatable bonds is 8. The summed E-state index contributed by atoms with van der Waals surface area (Å²) in [6.45, 7) is 7.03. The van der Waals surface area contributed by atoms with Crippen LogP contribution in [0.5, 0.6) is 0 Å². The van der Waals surface area contributed by atoms with E-state index in [2.05, 4.69) is 148 Å². The first-order chi connectivity index (χ1) is 21.1. The van der Waals surface area contributed by atoms with Crippen LogP contribution < -0.4 is 0 Å². The van der Waals surface area contributed by atoms with Gasteiger partial charge in [0.25, 0.3) is 0 Å². The van der Waals surface area contributed by atoms with Crippen LogP contribution in [0, 0.1) is 5.41 Å². The fraction of sp³-hybridized carbons (Fsp3) is 0.209. The quantitative estimate of drug-likeness (QED) is 0.178. The lowest BCUT2D eigenvalue weighted by Crippen LogP contribution is -2.25. The van der Waals surface area contributed by atoms with E-state index < -0.39 is 0 Å². The highest BCUT2D eigenvalue weighted by Gasteiger charge is 2.38. The highest BCUT2D eigenvalue weighted by Crippen LogP contribution is 2.50. The number of hydrogen-bond donors (Lipinski definition) is 0. The molecule has 0 radical (unpaired) electrons. The van der Waals surface area contributed by atoms with Gasteiger partial charge in [-0.3, -0.25) is 0 Å². The smallest absolute Gasteiger partial charge is 0.0146 e. The Balaban J connectivity index is 1.36. The maximum Gasteiger partial charge on any atom is 0.0146 e. The first kappa shape index (κ1) is 27.4. The minimum Gasteiger partial charge on any atom is -0.0622 e. The van der Waals surface area contributed by atoms with Crippen LogP contribution >= 0.6 is 0 Å². The van der Waals surface area contributed by atoms with Gasteiger partial charge in [-0.2, -0.15) is 0 Å². The van der Waals surface area contributed by atoms with E-state index in [-0.39, 0.29) is 5.41 Å². The van der Waals surface area contributed by atoms with Crippen LogP contribution in [-0.4, -0.2) is 0 Å². The molecule has 0 fully saturated rings. The summed E-state index contributed by atoms with van der Waals surface area (Å²) in [6, 6.07) is 42.8. The maximum atomic E-state index is 2.55. The van der Waals surface area contributed by atoms with E-state index in [0.29, 0.717) is 0 Å². The normalized spacial score (nSPS) is 13.8. The van der Waals surface area contributed by atoms with Crippen molar-refractivity contribution in [2.45, 2.75) is 52.9 Å². The summed E-state index contributed by atoms with van der Waals surface area (Å²) >= 11 is 0. The van der Waals surface area contributed by atoms with Crippen LogP contribution in [0.4, 0.5) is 0 Å². The third-order valence-corrected chi connectivity index (χ3v) is 9.99. The topological polar surface area (TPSA) is 0 Å². The summed E-state index contributed by atoms with van der Waals surface area (Å²) in [5.41, 5.74) is 18.4. The Hall–Kier alpha value is -4.42. The van der Waals surface area contributed by atoms with Gasteiger partial charge in [-0.05, 0) is 93.3 Å². The Morgan fingerprint density at radius 1 is 0.488 bits per heavy atom. The highest BCUT2D eigenvalue weighted by molar-refractivity contribution is 5.85. The van der Waals surface area contributed by atoms with E-state index in [1.165, 1.54) is 72.3 Å². The predicted molar refractivity (Wildman–Crippen MR) is 184 cm³/mol. The van der Waals surface area contributed by atoms with Crippen LogP contribution in [-0.2, 0) is 32.1 Å². The summed E-state index contributed by atoms with van der Waals surface area (Å²) < 4.78 is 0. The lowest BCUT2D eigenvalue weighted by molar-refractivity contribution is 0.466. The van der Waals surface area contributed by atoms with Crippen molar-refractivity contribution in [2.75, 3.05) is 0 Å². The molecule has 0 bridgehead atoms. The standard InChI is InChI=1S/C43H40/c1-4-31-17-9-11-21-37(31)39-23-13-19-33-25-35(27-41(33)39)43(3,29-30-15-7-6-8-16-30)36-26-34-20-14-24-40(42(34)28-36)38-22-12-10-18-32(38)5-2/h6-24,27-28H,4-5,25-26,29H2,1-3H3. The van der Waals surface area contributed by atoms with Crippen molar-refractivity contribution in [3.8, 4) is 22.3 Å². The maximum absolute atomic E-state index is 2.55. The molecule has 0 spiro atoms. The van der Waals surface area contributed by atoms with Gasteiger partial charge in [-0.1, -0.05) is 159 Å². The van der Waals surface area contributed by atoms with Gasteiger partial charge in [-0.25, -0.2) is 0 Å². The first-order valence-corrected chi connectivity index (χ1v) is 16.0. The Morgan fingerprint density at radius 3 is 1.42 bits per heavy atom. The van der Waals surface area contributed by atoms with Gasteiger partial charge in [0, 0.05) is 5.41 Å². The second-order valence-corrected chi connectivity index (χ2v) is 12.5. The van der Waals surface area contributed by atoms with E-state index >= 15 is 0 Å². The fourth-order valence-electron chi connectivity index (χ4n) is 7.53. The molecule has 0 saturated carbocycles. The first-order valence-electron chi connectivity index (χ1n) is 16.0. The van der Waals surface area contributed by atoms with E-state index in [9.17, 15) is 0 Å². The largest absolute Gasteiger partial charge is 0.0622 e. The molecule has 0 amide bonds. The Morgan fingerprint density at radius 2 is 0.930 bits per heavy atom. The van der Waals surface area contributed by atoms with Gasteiger partial charge in [0.2, 0.25) is 0 Å². The molecule has 0 saturated heterocycles. The van der Waals surface area contributed by atoms with Crippen LogP contribution in [0.25, 0.3) is 34.4 Å². The molecular weight excluding hydrogens is 516 g/mol. The average Bonchev–Trinajstić information content (AvgIpc) is 3.71. The molecule has 5 aromatic carbocycles. The zero-order chi connectivity index (χ0) is 29.4. The Bertz CT molecular complexity index is 1750. The fourth-order valence-corrected chi connectivity index (χ4v) is 7.53. The number of fused-ring (bicyclic) bond motifs is 2. The Kier molecular flexibility index (Phi) is 7.23. The zero-order valence-corrected chi connectivity index (χ0v) is 25.7. The van der Waals surface area contributed by atoms with Crippen LogP contribution in [0.1, 0.15) is 59.7 Å². The molecule has 0 heterocycles. The van der Waals surface area contributed by atoms with Crippen molar-refractivity contribution in [2.24, 2.45) is 5.41 Å². The molecule has 7 rings (SSSR count). The van der Waals surface area contributed by atoms with Gasteiger partial charge >= 0.3 is 0 Å². The molecule has 43 heavy (non-hydrogen) atoms. The van der Waals surface area contributed by atoms with Crippen LogP contribution in [0.15, 0.2) is 126 Å². The number of aryl methyl sites for hydroxylation is 2. The number of hydrogen-bond acceptors (Lipinski definition) is 0. The van der Waals surface area contributed by atoms with Crippen molar-refractivity contribution in [1.82, 2.24) is 0 Å². The minimum atomic E-state index is -0.0948. The molecule has 212 valence electrons. The van der Waals surface area contributed by atoms with Crippen molar-refractivity contribution in [3.63, 3.8) is 0 Å². The third kappa shape index (κ3) is 4.90. The van der Waals surface area contributed by atoms with Crippen LogP contribution in [0.3, 0.4) is 0 Å². The molecule has 0 N–H and O–H groups in total. The minimum absolute atomic E-state index is 0.0948. The van der Waals surface area contributed by atoms with Gasteiger partial charge in [0.1, 0.15) is 0 Å². The van der Waals surface area contributed by atoms with Gasteiger partial charge < -0.3 is 0 Å². The Labute approximate surface area is 257 Å². The second kappa shape index (κ2) is 11.3. The van der Waals surface area contributed by atoms with Gasteiger partial charge in [0.05, 0.1) is 0 Å². The van der Waals surface area contributed by atoms with Crippen molar-refractivity contribution in [3.05, 3.63) is 165 Å². The second-order valence-electron chi connectivity index (χ2n) is 12.5. The lowest BCUT2D eigenvalue weighted by atomic mass is 9.70. The molecule has 0 heteroatoms. The summed E-state index contributed by atoms with van der Waals surface area (Å²) in [6.07, 6.45) is 10.2. The third-order valence-electron chi connectivity index (χ3n) is 9.99. The van der Waals surface area contributed by atoms with Crippen molar-refractivity contribution < 1.29 is 0 Å². The molecule has 0 unspecified atom stereocenters. The summed E-state index contributed by atoms with van der Waals surface area (Å²) in [7, 11) is 0.